The Bertz CT molecular complexity index is 542. The zero-order valence-electron chi connectivity index (χ0n) is 21.9. The van der Waals surface area contributed by atoms with Crippen LogP contribution in [0.25, 0.3) is 0 Å². The highest BCUT2D eigenvalue weighted by atomic mass is 28.4. The summed E-state index contributed by atoms with van der Waals surface area (Å²) in [6, 6.07) is 7.88. The van der Waals surface area contributed by atoms with Crippen LogP contribution in [0.15, 0.2) is 24.3 Å². The van der Waals surface area contributed by atoms with E-state index in [9.17, 15) is 0 Å². The molecular weight excluding hydrogens is 412 g/mol. The van der Waals surface area contributed by atoms with E-state index in [0.717, 1.165) is 24.5 Å². The van der Waals surface area contributed by atoms with Crippen LogP contribution in [0, 0.1) is 0 Å². The average molecular weight is 465 g/mol. The van der Waals surface area contributed by atoms with Gasteiger partial charge in [-0.25, -0.2) is 0 Å². The number of unbranched alkanes of at least 4 members (excludes halogenated alkanes) is 14. The van der Waals surface area contributed by atoms with Crippen molar-refractivity contribution in [2.24, 2.45) is 0 Å². The number of hydrogen-bond acceptors (Lipinski definition) is 3. The fourth-order valence-electron chi connectivity index (χ4n) is 3.96. The number of benzene rings is 1. The van der Waals surface area contributed by atoms with Gasteiger partial charge in [-0.15, -0.1) is 0 Å². The molecule has 0 aliphatic carbocycles. The molecule has 0 amide bonds. The molecule has 0 aliphatic heterocycles. The first-order chi connectivity index (χ1) is 15.4. The highest BCUT2D eigenvalue weighted by Crippen LogP contribution is 2.22. The molecule has 0 saturated carbocycles. The zero-order chi connectivity index (χ0) is 23.5. The van der Waals surface area contributed by atoms with Crippen LogP contribution in [-0.2, 0) is 4.43 Å². The van der Waals surface area contributed by atoms with E-state index in [0.29, 0.717) is 0 Å². The Morgan fingerprint density at radius 1 is 0.625 bits per heavy atom. The molecule has 0 spiro atoms. The molecule has 32 heavy (non-hydrogen) atoms. The van der Waals surface area contributed by atoms with Gasteiger partial charge in [-0.2, -0.15) is 0 Å². The summed E-state index contributed by atoms with van der Waals surface area (Å²) in [5, 5.41) is 0. The maximum Gasteiger partial charge on any atom is 0.392 e. The van der Waals surface area contributed by atoms with Crippen molar-refractivity contribution in [1.82, 2.24) is 0 Å². The number of ether oxygens (including phenoxy) is 1. The maximum atomic E-state index is 6.15. The fourth-order valence-corrected chi connectivity index (χ4v) is 5.36. The molecular formula is C28H52O3Si. The molecule has 0 atom stereocenters. The van der Waals surface area contributed by atoms with Gasteiger partial charge in [0.15, 0.2) is 0 Å². The van der Waals surface area contributed by atoms with Crippen LogP contribution in [0.2, 0.25) is 13.1 Å². The molecule has 0 N–H and O–H groups in total. The van der Waals surface area contributed by atoms with Crippen molar-refractivity contribution in [3.05, 3.63) is 24.3 Å². The Kier molecular flexibility index (Phi) is 16.7. The first-order valence-electron chi connectivity index (χ1n) is 13.5. The molecule has 1 aromatic rings. The average Bonchev–Trinajstić information content (AvgIpc) is 2.74. The summed E-state index contributed by atoms with van der Waals surface area (Å²) in [6.45, 7) is 11.4. The lowest BCUT2D eigenvalue weighted by molar-refractivity contribution is 0.237. The van der Waals surface area contributed by atoms with Crippen molar-refractivity contribution in [3.8, 4) is 11.5 Å². The molecule has 0 heterocycles. The van der Waals surface area contributed by atoms with E-state index >= 15 is 0 Å². The Morgan fingerprint density at radius 2 is 1.03 bits per heavy atom. The number of hydrogen-bond donors (Lipinski definition) is 0. The minimum atomic E-state index is -2.14. The normalized spacial score (nSPS) is 11.8. The summed E-state index contributed by atoms with van der Waals surface area (Å²) < 4.78 is 18.0. The first-order valence-corrected chi connectivity index (χ1v) is 16.3. The number of rotatable bonds is 21. The Hall–Kier alpha value is -1.00. The smallest absolute Gasteiger partial charge is 0.392 e. The summed E-state index contributed by atoms with van der Waals surface area (Å²) >= 11 is 0. The third-order valence-electron chi connectivity index (χ3n) is 5.76. The Morgan fingerprint density at radius 3 is 1.47 bits per heavy atom. The second-order valence-electron chi connectivity index (χ2n) is 9.94. The summed E-state index contributed by atoms with van der Waals surface area (Å²) in [5.74, 6) is 1.75. The van der Waals surface area contributed by atoms with E-state index in [1.165, 1.54) is 89.9 Å². The maximum absolute atomic E-state index is 6.15. The Labute approximate surface area is 200 Å². The van der Waals surface area contributed by atoms with Crippen LogP contribution in [0.5, 0.6) is 11.5 Å². The van der Waals surface area contributed by atoms with Gasteiger partial charge in [0.2, 0.25) is 0 Å². The summed E-state index contributed by atoms with van der Waals surface area (Å²) in [7, 11) is -2.14. The topological polar surface area (TPSA) is 27.7 Å². The third-order valence-corrected chi connectivity index (χ3v) is 7.38. The third kappa shape index (κ3) is 16.6. The molecule has 186 valence electrons. The fraction of sp³-hybridized carbons (Fsp3) is 0.786. The standard InChI is InChI=1S/C28H52O3Si/c1-6-7-8-9-10-11-12-13-14-15-16-17-18-19-20-25-29-32(4,5)31-28-23-21-27(22-24-28)30-26(2)3/h21-24,26H,6-20,25H2,1-5H3. The van der Waals surface area contributed by atoms with Crippen molar-refractivity contribution in [1.29, 1.82) is 0 Å². The van der Waals surface area contributed by atoms with Crippen LogP contribution in [0.4, 0.5) is 0 Å². The van der Waals surface area contributed by atoms with Gasteiger partial charge in [0.05, 0.1) is 6.10 Å². The van der Waals surface area contributed by atoms with E-state index in [1.807, 2.05) is 38.1 Å². The second-order valence-corrected chi connectivity index (χ2v) is 13.2. The van der Waals surface area contributed by atoms with Crippen molar-refractivity contribution in [2.45, 2.75) is 136 Å². The first kappa shape index (κ1) is 29.0. The van der Waals surface area contributed by atoms with E-state index in [1.54, 1.807) is 0 Å². The van der Waals surface area contributed by atoms with Crippen LogP contribution in [0.3, 0.4) is 0 Å². The molecule has 0 fully saturated rings. The van der Waals surface area contributed by atoms with Crippen LogP contribution in [0.1, 0.15) is 117 Å². The molecule has 0 radical (unpaired) electrons. The van der Waals surface area contributed by atoms with Gasteiger partial charge in [0, 0.05) is 6.61 Å². The SMILES string of the molecule is CCCCCCCCCCCCCCCCCO[Si](C)(C)Oc1ccc(OC(C)C)cc1. The summed E-state index contributed by atoms with van der Waals surface area (Å²) in [6.07, 6.45) is 21.0. The summed E-state index contributed by atoms with van der Waals surface area (Å²) in [4.78, 5) is 0. The highest BCUT2D eigenvalue weighted by molar-refractivity contribution is 6.65. The molecule has 1 rings (SSSR count). The molecule has 4 heteroatoms. The van der Waals surface area contributed by atoms with Gasteiger partial charge in [0.25, 0.3) is 0 Å². The molecule has 0 bridgehead atoms. The van der Waals surface area contributed by atoms with E-state index in [-0.39, 0.29) is 6.10 Å². The van der Waals surface area contributed by atoms with Gasteiger partial charge in [0.1, 0.15) is 11.5 Å². The minimum Gasteiger partial charge on any atom is -0.520 e. The molecule has 0 aromatic heterocycles. The lowest BCUT2D eigenvalue weighted by atomic mass is 10.0. The van der Waals surface area contributed by atoms with Crippen molar-refractivity contribution < 1.29 is 13.6 Å². The predicted molar refractivity (Wildman–Crippen MR) is 141 cm³/mol. The van der Waals surface area contributed by atoms with Gasteiger partial charge in [-0.3, -0.25) is 0 Å². The van der Waals surface area contributed by atoms with Crippen LogP contribution >= 0.6 is 0 Å². The van der Waals surface area contributed by atoms with Gasteiger partial charge >= 0.3 is 8.56 Å². The van der Waals surface area contributed by atoms with Crippen LogP contribution < -0.4 is 9.16 Å². The molecule has 3 nitrogen and oxygen atoms in total. The Balaban J connectivity index is 1.94. The lowest BCUT2D eigenvalue weighted by Gasteiger charge is -2.24. The zero-order valence-corrected chi connectivity index (χ0v) is 22.9. The van der Waals surface area contributed by atoms with Crippen molar-refractivity contribution in [2.75, 3.05) is 6.61 Å². The molecule has 0 saturated heterocycles. The minimum absolute atomic E-state index is 0.186. The second kappa shape index (κ2) is 18.4. The molecule has 1 aromatic carbocycles. The lowest BCUT2D eigenvalue weighted by Crippen LogP contribution is -2.38. The highest BCUT2D eigenvalue weighted by Gasteiger charge is 2.26. The van der Waals surface area contributed by atoms with Gasteiger partial charge in [-0.1, -0.05) is 96.8 Å². The molecule has 0 aliphatic rings. The van der Waals surface area contributed by atoms with E-state index < -0.39 is 8.56 Å². The van der Waals surface area contributed by atoms with Crippen molar-refractivity contribution >= 4 is 8.56 Å². The molecule has 0 unspecified atom stereocenters. The van der Waals surface area contributed by atoms with Gasteiger partial charge in [-0.05, 0) is 57.6 Å². The largest absolute Gasteiger partial charge is 0.520 e. The van der Waals surface area contributed by atoms with E-state index in [4.69, 9.17) is 13.6 Å². The predicted octanol–water partition coefficient (Wildman–Crippen LogP) is 9.44. The monoisotopic (exact) mass is 464 g/mol. The van der Waals surface area contributed by atoms with Crippen LogP contribution in [-0.4, -0.2) is 21.3 Å². The van der Waals surface area contributed by atoms with Crippen molar-refractivity contribution in [3.63, 3.8) is 0 Å². The van der Waals surface area contributed by atoms with E-state index in [2.05, 4.69) is 20.0 Å². The summed E-state index contributed by atoms with van der Waals surface area (Å²) in [5.41, 5.74) is 0. The quantitative estimate of drug-likeness (QED) is 0.134. The van der Waals surface area contributed by atoms with Gasteiger partial charge < -0.3 is 13.6 Å².